The Morgan fingerprint density at radius 1 is 0.959 bits per heavy atom. The summed E-state index contributed by atoms with van der Waals surface area (Å²) in [5.74, 6) is -2.45. The Labute approximate surface area is 288 Å². The van der Waals surface area contributed by atoms with E-state index in [1.54, 1.807) is 15.3 Å². The molecular formula is C35H41F3N6O4S. The predicted molar refractivity (Wildman–Crippen MR) is 187 cm³/mol. The molecule has 2 saturated heterocycles. The normalized spacial score (nSPS) is 16.7. The molecule has 14 heteroatoms. The first-order valence-electron chi connectivity index (χ1n) is 16.3. The highest BCUT2D eigenvalue weighted by Crippen LogP contribution is 2.34. The smallest absolute Gasteiger partial charge is 0.410 e. The van der Waals surface area contributed by atoms with Crippen molar-refractivity contribution in [3.05, 3.63) is 82.9 Å². The van der Waals surface area contributed by atoms with E-state index in [1.165, 1.54) is 29.1 Å². The van der Waals surface area contributed by atoms with E-state index in [1.807, 2.05) is 58.9 Å². The fraction of sp³-hybridized carbons (Fsp3) is 0.400. The SMILES string of the molecule is CC.CC(C)(C)OC(=O)N1CCN(c2ccc(-n3cnc4ccc(Oc5c(F)ccc(NSN6CCC(F)C6)c5F)cc4c3=O)cc2)CC1. The third kappa shape index (κ3) is 8.60. The van der Waals surface area contributed by atoms with Gasteiger partial charge in [-0.1, -0.05) is 13.8 Å². The molecule has 0 radical (unpaired) electrons. The molecule has 1 amide bonds. The lowest BCUT2D eigenvalue weighted by molar-refractivity contribution is 0.0240. The number of hydrogen-bond acceptors (Lipinski definition) is 9. The van der Waals surface area contributed by atoms with Crippen LogP contribution in [0.2, 0.25) is 0 Å². The molecule has 262 valence electrons. The maximum atomic E-state index is 15.3. The number of amides is 1. The molecule has 1 N–H and O–H groups in total. The van der Waals surface area contributed by atoms with Crippen molar-refractivity contribution in [1.82, 2.24) is 18.8 Å². The van der Waals surface area contributed by atoms with E-state index < -0.39 is 29.2 Å². The van der Waals surface area contributed by atoms with Gasteiger partial charge in [-0.05, 0) is 81.8 Å². The number of rotatable bonds is 7. The molecule has 10 nitrogen and oxygen atoms in total. The molecule has 49 heavy (non-hydrogen) atoms. The summed E-state index contributed by atoms with van der Waals surface area (Å²) < 4.78 is 60.5. The standard InChI is InChI=1S/C33H35F3N6O4S.C2H6/c1-33(2,3)46-32(44)40-16-14-39(15-17-40)22-4-6-23(7-5-22)42-20-37-27-10-8-24(18-25(27)31(42)43)45-30-26(35)9-11-28(29(30)36)38-47-41-13-12-21(34)19-41;1-2/h4-11,18,20-21,38H,12-17,19H2,1-3H3;1-2H3. The van der Waals surface area contributed by atoms with Crippen molar-refractivity contribution in [1.29, 1.82) is 0 Å². The highest BCUT2D eigenvalue weighted by molar-refractivity contribution is 7.98. The summed E-state index contributed by atoms with van der Waals surface area (Å²) in [6.07, 6.45) is 0.565. The van der Waals surface area contributed by atoms with E-state index in [9.17, 15) is 18.4 Å². The third-order valence-corrected chi connectivity index (χ3v) is 8.70. The molecular weight excluding hydrogens is 657 g/mol. The molecule has 1 aromatic heterocycles. The van der Waals surface area contributed by atoms with Crippen molar-refractivity contribution in [2.75, 3.05) is 48.9 Å². The molecule has 3 heterocycles. The van der Waals surface area contributed by atoms with E-state index in [0.29, 0.717) is 50.3 Å². The summed E-state index contributed by atoms with van der Waals surface area (Å²) in [5, 5.41) is 0.202. The minimum atomic E-state index is -0.955. The number of benzene rings is 3. The van der Waals surface area contributed by atoms with Gasteiger partial charge in [-0.2, -0.15) is 0 Å². The summed E-state index contributed by atoms with van der Waals surface area (Å²) in [6, 6.07) is 14.2. The van der Waals surface area contributed by atoms with Crippen LogP contribution < -0.4 is 19.9 Å². The first-order chi connectivity index (χ1) is 23.4. The van der Waals surface area contributed by atoms with Crippen LogP contribution in [0.4, 0.5) is 29.3 Å². The summed E-state index contributed by atoms with van der Waals surface area (Å²) >= 11 is 1.04. The Bertz CT molecular complexity index is 1830. The molecule has 0 spiro atoms. The fourth-order valence-corrected chi connectivity index (χ4v) is 6.17. The van der Waals surface area contributed by atoms with E-state index in [2.05, 4.69) is 14.6 Å². The number of halogens is 3. The van der Waals surface area contributed by atoms with Gasteiger partial charge in [0.2, 0.25) is 5.75 Å². The molecule has 2 aliphatic heterocycles. The molecule has 4 aromatic rings. The van der Waals surface area contributed by atoms with Crippen LogP contribution >= 0.6 is 12.1 Å². The number of carbonyl (C=O) groups excluding carboxylic acids is 1. The average molecular weight is 699 g/mol. The lowest BCUT2D eigenvalue weighted by atomic mass is 10.2. The number of nitrogens with one attached hydrogen (secondary N) is 1. The second-order valence-corrected chi connectivity index (χ2v) is 13.3. The van der Waals surface area contributed by atoms with Gasteiger partial charge in [0.15, 0.2) is 11.6 Å². The van der Waals surface area contributed by atoms with E-state index in [-0.39, 0.29) is 35.0 Å². The van der Waals surface area contributed by atoms with Gasteiger partial charge in [-0.3, -0.25) is 9.36 Å². The first kappa shape index (κ1) is 35.9. The Kier molecular flexibility index (Phi) is 11.3. The molecule has 1 atom stereocenters. The number of aromatic nitrogens is 2. The lowest BCUT2D eigenvalue weighted by Gasteiger charge is -2.36. The maximum Gasteiger partial charge on any atom is 0.410 e. The van der Waals surface area contributed by atoms with Crippen molar-refractivity contribution in [3.8, 4) is 17.2 Å². The molecule has 0 bridgehead atoms. The first-order valence-corrected chi connectivity index (χ1v) is 17.0. The van der Waals surface area contributed by atoms with E-state index in [4.69, 9.17) is 9.47 Å². The van der Waals surface area contributed by atoms with E-state index >= 15 is 4.39 Å². The Hall–Kier alpha value is -4.43. The number of carbonyl (C=O) groups is 1. The molecule has 0 saturated carbocycles. The summed E-state index contributed by atoms with van der Waals surface area (Å²) in [5.41, 5.74) is 0.959. The lowest BCUT2D eigenvalue weighted by Crippen LogP contribution is -2.50. The molecule has 0 aliphatic carbocycles. The monoisotopic (exact) mass is 698 g/mol. The van der Waals surface area contributed by atoms with Crippen molar-refractivity contribution < 1.29 is 27.4 Å². The number of alkyl halides is 1. The van der Waals surface area contributed by atoms with E-state index in [0.717, 1.165) is 23.9 Å². The van der Waals surface area contributed by atoms with Crippen LogP contribution in [0.1, 0.15) is 41.0 Å². The van der Waals surface area contributed by atoms with Crippen LogP contribution in [-0.2, 0) is 4.74 Å². The second-order valence-electron chi connectivity index (χ2n) is 12.4. The van der Waals surface area contributed by atoms with Gasteiger partial charge in [-0.15, -0.1) is 0 Å². The minimum Gasteiger partial charge on any atom is -0.451 e. The van der Waals surface area contributed by atoms with Gasteiger partial charge in [-0.25, -0.2) is 27.3 Å². The Balaban J connectivity index is 0.00000230. The minimum absolute atomic E-state index is 0.0214. The number of anilines is 2. The summed E-state index contributed by atoms with van der Waals surface area (Å²) in [6.45, 7) is 12.6. The third-order valence-electron chi connectivity index (χ3n) is 7.80. The van der Waals surface area contributed by atoms with Gasteiger partial charge >= 0.3 is 6.09 Å². The Morgan fingerprint density at radius 2 is 1.65 bits per heavy atom. The number of hydrogen-bond donors (Lipinski definition) is 1. The second kappa shape index (κ2) is 15.4. The zero-order valence-corrected chi connectivity index (χ0v) is 29.0. The highest BCUT2D eigenvalue weighted by atomic mass is 32.2. The number of piperazine rings is 1. The van der Waals surface area contributed by atoms with Crippen LogP contribution in [0.3, 0.4) is 0 Å². The average Bonchev–Trinajstić information content (AvgIpc) is 3.51. The number of ether oxygens (including phenoxy) is 2. The largest absolute Gasteiger partial charge is 0.451 e. The zero-order chi connectivity index (χ0) is 35.3. The van der Waals surface area contributed by atoms with Gasteiger partial charge in [0.25, 0.3) is 5.56 Å². The van der Waals surface area contributed by atoms with Crippen molar-refractivity contribution >= 4 is 40.5 Å². The maximum absolute atomic E-state index is 15.3. The van der Waals surface area contributed by atoms with Crippen LogP contribution in [0.5, 0.6) is 11.5 Å². The number of fused-ring (bicyclic) bond motifs is 1. The molecule has 2 aliphatic rings. The highest BCUT2D eigenvalue weighted by Gasteiger charge is 2.26. The quantitative estimate of drug-likeness (QED) is 0.197. The van der Waals surface area contributed by atoms with Gasteiger partial charge in [0.1, 0.15) is 23.8 Å². The Morgan fingerprint density at radius 3 is 2.31 bits per heavy atom. The predicted octanol–water partition coefficient (Wildman–Crippen LogP) is 7.56. The molecule has 3 aromatic carbocycles. The van der Waals surface area contributed by atoms with Gasteiger partial charge < -0.3 is 24.0 Å². The molecule has 6 rings (SSSR count). The van der Waals surface area contributed by atoms with Crippen LogP contribution in [0, 0.1) is 11.6 Å². The van der Waals surface area contributed by atoms with Crippen molar-refractivity contribution in [2.24, 2.45) is 0 Å². The number of nitrogens with zero attached hydrogens (tertiary/aromatic N) is 5. The summed E-state index contributed by atoms with van der Waals surface area (Å²) in [4.78, 5) is 34.2. The van der Waals surface area contributed by atoms with Crippen molar-refractivity contribution in [3.63, 3.8) is 0 Å². The summed E-state index contributed by atoms with van der Waals surface area (Å²) in [7, 11) is 0. The van der Waals surface area contributed by atoms with Crippen molar-refractivity contribution in [2.45, 2.75) is 52.8 Å². The topological polar surface area (TPSA) is 92.2 Å². The molecule has 2 fully saturated rings. The fourth-order valence-electron chi connectivity index (χ4n) is 5.35. The zero-order valence-electron chi connectivity index (χ0n) is 28.2. The van der Waals surface area contributed by atoms with Crippen LogP contribution in [-0.4, -0.2) is 75.9 Å². The van der Waals surface area contributed by atoms with Crippen LogP contribution in [0.25, 0.3) is 16.6 Å². The van der Waals surface area contributed by atoms with Gasteiger partial charge in [0, 0.05) is 57.1 Å². The molecule has 1 unspecified atom stereocenters. The van der Waals surface area contributed by atoms with Crippen LogP contribution in [0.15, 0.2) is 65.7 Å². The van der Waals surface area contributed by atoms with Gasteiger partial charge in [0.05, 0.1) is 22.3 Å².